The Bertz CT molecular complexity index is 895. The van der Waals surface area contributed by atoms with Gasteiger partial charge in [-0.1, -0.05) is 0 Å². The van der Waals surface area contributed by atoms with Crippen molar-refractivity contribution in [1.29, 1.82) is 0 Å². The minimum absolute atomic E-state index is 0.100. The van der Waals surface area contributed by atoms with Crippen LogP contribution in [0.5, 0.6) is 5.88 Å². The molecule has 2 aromatic rings. The van der Waals surface area contributed by atoms with Crippen LogP contribution in [-0.2, 0) is 9.47 Å². The zero-order valence-corrected chi connectivity index (χ0v) is 17.1. The van der Waals surface area contributed by atoms with Crippen LogP contribution >= 0.6 is 0 Å². The normalized spacial score (nSPS) is 17.6. The molecule has 2 saturated heterocycles. The second-order valence-electron chi connectivity index (χ2n) is 7.42. The molecule has 0 aliphatic carbocycles. The number of nitrogens with two attached hydrogens (primary N) is 1. The lowest BCUT2D eigenvalue weighted by Crippen LogP contribution is -2.37. The summed E-state index contributed by atoms with van der Waals surface area (Å²) < 4.78 is 17.2. The summed E-state index contributed by atoms with van der Waals surface area (Å²) in [6.07, 6.45) is 5.19. The minimum Gasteiger partial charge on any atom is -0.473 e. The zero-order valence-electron chi connectivity index (χ0n) is 17.1. The van der Waals surface area contributed by atoms with Crippen LogP contribution < -0.4 is 20.7 Å². The van der Waals surface area contributed by atoms with Gasteiger partial charge in [-0.25, -0.2) is 9.78 Å². The van der Waals surface area contributed by atoms with E-state index in [1.807, 2.05) is 13.0 Å². The largest absolute Gasteiger partial charge is 0.473 e. The van der Waals surface area contributed by atoms with Crippen molar-refractivity contribution in [2.75, 3.05) is 49.7 Å². The van der Waals surface area contributed by atoms with Crippen molar-refractivity contribution < 1.29 is 19.0 Å². The van der Waals surface area contributed by atoms with Gasteiger partial charge in [-0.15, -0.1) is 0 Å². The fourth-order valence-electron chi connectivity index (χ4n) is 3.70. The number of primary amides is 1. The average Bonchev–Trinajstić information content (AvgIpc) is 2.76. The van der Waals surface area contributed by atoms with Gasteiger partial charge in [-0.3, -0.25) is 4.98 Å². The summed E-state index contributed by atoms with van der Waals surface area (Å²) in [5, 5.41) is 2.58. The van der Waals surface area contributed by atoms with E-state index in [0.29, 0.717) is 38.0 Å². The molecule has 160 valence electrons. The molecule has 0 aromatic carbocycles. The molecule has 4 rings (SSSR count). The van der Waals surface area contributed by atoms with Gasteiger partial charge >= 0.3 is 6.03 Å². The first kappa shape index (κ1) is 20.4. The number of anilines is 2. The lowest BCUT2D eigenvalue weighted by atomic mass is 10.0. The summed E-state index contributed by atoms with van der Waals surface area (Å²) >= 11 is 0. The highest BCUT2D eigenvalue weighted by Crippen LogP contribution is 2.34. The Morgan fingerprint density at radius 2 is 1.87 bits per heavy atom. The van der Waals surface area contributed by atoms with Gasteiger partial charge in [0.15, 0.2) is 0 Å². The predicted octanol–water partition coefficient (Wildman–Crippen LogP) is 2.34. The van der Waals surface area contributed by atoms with Gasteiger partial charge in [-0.2, -0.15) is 0 Å². The number of morpholine rings is 1. The van der Waals surface area contributed by atoms with Gasteiger partial charge in [0.2, 0.25) is 5.88 Å². The number of carbonyl (C=O) groups is 1. The molecule has 2 aromatic heterocycles. The van der Waals surface area contributed by atoms with Crippen LogP contribution in [0.25, 0.3) is 11.1 Å². The van der Waals surface area contributed by atoms with Gasteiger partial charge in [-0.05, 0) is 19.1 Å². The van der Waals surface area contributed by atoms with Gasteiger partial charge in [0.05, 0.1) is 38.3 Å². The maximum atomic E-state index is 11.2. The summed E-state index contributed by atoms with van der Waals surface area (Å²) in [6, 6.07) is 3.30. The third-order valence-electron chi connectivity index (χ3n) is 5.30. The molecule has 0 spiro atoms. The second kappa shape index (κ2) is 9.27. The number of aromatic nitrogens is 2. The van der Waals surface area contributed by atoms with E-state index in [2.05, 4.69) is 26.3 Å². The molecule has 0 saturated carbocycles. The summed E-state index contributed by atoms with van der Waals surface area (Å²) in [5.41, 5.74) is 9.33. The summed E-state index contributed by atoms with van der Waals surface area (Å²) in [7, 11) is 0. The minimum atomic E-state index is -0.626. The maximum absolute atomic E-state index is 11.2. The quantitative estimate of drug-likeness (QED) is 0.774. The number of nitrogens with zero attached hydrogens (tertiary/aromatic N) is 3. The first-order valence-electron chi connectivity index (χ1n) is 10.2. The van der Waals surface area contributed by atoms with Gasteiger partial charge in [0, 0.05) is 48.9 Å². The van der Waals surface area contributed by atoms with Crippen LogP contribution in [0.4, 0.5) is 16.2 Å². The SMILES string of the molecule is Cc1ncc(NC(N)=O)cc1-c1cnc(OC2CCOCC2)c(N2CCOCC2)c1. The molecule has 0 unspecified atom stereocenters. The number of hydrogen-bond acceptors (Lipinski definition) is 7. The van der Waals surface area contributed by atoms with E-state index in [9.17, 15) is 4.79 Å². The van der Waals surface area contributed by atoms with Crippen molar-refractivity contribution in [3.63, 3.8) is 0 Å². The third-order valence-corrected chi connectivity index (χ3v) is 5.30. The monoisotopic (exact) mass is 413 g/mol. The first-order valence-corrected chi connectivity index (χ1v) is 10.2. The van der Waals surface area contributed by atoms with Gasteiger partial charge in [0.25, 0.3) is 0 Å². The molecule has 0 bridgehead atoms. The molecular weight excluding hydrogens is 386 g/mol. The molecule has 2 aliphatic heterocycles. The van der Waals surface area contributed by atoms with E-state index >= 15 is 0 Å². The van der Waals surface area contributed by atoms with Crippen molar-refractivity contribution in [2.45, 2.75) is 25.9 Å². The number of carbonyl (C=O) groups excluding carboxylic acids is 1. The van der Waals surface area contributed by atoms with Crippen LogP contribution in [0.2, 0.25) is 0 Å². The number of hydrogen-bond donors (Lipinski definition) is 2. The zero-order chi connectivity index (χ0) is 20.9. The standard InChI is InChI=1S/C21H27N5O4/c1-14-18(11-16(13-23-14)25-21(22)27)15-10-19(26-4-8-29-9-5-26)20(24-12-15)30-17-2-6-28-7-3-17/h10-13,17H,2-9H2,1H3,(H3,22,25,27). The van der Waals surface area contributed by atoms with Crippen molar-refractivity contribution >= 4 is 17.4 Å². The Labute approximate surface area is 175 Å². The molecule has 2 fully saturated rings. The Hall–Kier alpha value is -2.91. The molecule has 4 heterocycles. The molecular formula is C21H27N5O4. The van der Waals surface area contributed by atoms with E-state index in [0.717, 1.165) is 48.4 Å². The molecule has 3 N–H and O–H groups in total. The lowest BCUT2D eigenvalue weighted by molar-refractivity contribution is 0.0238. The van der Waals surface area contributed by atoms with E-state index in [4.69, 9.17) is 19.9 Å². The van der Waals surface area contributed by atoms with Crippen molar-refractivity contribution in [3.8, 4) is 17.0 Å². The van der Waals surface area contributed by atoms with E-state index < -0.39 is 6.03 Å². The summed E-state index contributed by atoms with van der Waals surface area (Å²) in [5.74, 6) is 0.629. The summed E-state index contributed by atoms with van der Waals surface area (Å²) in [4.78, 5) is 22.5. The number of pyridine rings is 2. The number of rotatable bonds is 5. The number of nitrogens with one attached hydrogen (secondary N) is 1. The third kappa shape index (κ3) is 4.80. The van der Waals surface area contributed by atoms with Crippen LogP contribution in [0.15, 0.2) is 24.5 Å². The topological polar surface area (TPSA) is 112 Å². The van der Waals surface area contributed by atoms with Crippen LogP contribution in [0.1, 0.15) is 18.5 Å². The smallest absolute Gasteiger partial charge is 0.316 e. The summed E-state index contributed by atoms with van der Waals surface area (Å²) in [6.45, 7) is 6.22. The van der Waals surface area contributed by atoms with Crippen molar-refractivity contribution in [1.82, 2.24) is 9.97 Å². The molecule has 0 radical (unpaired) electrons. The van der Waals surface area contributed by atoms with Crippen LogP contribution in [-0.4, -0.2) is 61.6 Å². The Kier molecular flexibility index (Phi) is 6.29. The Morgan fingerprint density at radius 1 is 1.13 bits per heavy atom. The first-order chi connectivity index (χ1) is 14.6. The molecule has 0 atom stereocenters. The van der Waals surface area contributed by atoms with E-state index in [1.54, 1.807) is 12.4 Å². The highest BCUT2D eigenvalue weighted by molar-refractivity contribution is 5.88. The van der Waals surface area contributed by atoms with Crippen molar-refractivity contribution in [2.24, 2.45) is 5.73 Å². The van der Waals surface area contributed by atoms with Crippen LogP contribution in [0.3, 0.4) is 0 Å². The molecule has 2 amide bonds. The van der Waals surface area contributed by atoms with Gasteiger partial charge < -0.3 is 30.2 Å². The fourth-order valence-corrected chi connectivity index (χ4v) is 3.70. The fraction of sp³-hybridized carbons (Fsp3) is 0.476. The number of ether oxygens (including phenoxy) is 3. The van der Waals surface area contributed by atoms with E-state index in [-0.39, 0.29) is 6.10 Å². The predicted molar refractivity (Wildman–Crippen MR) is 113 cm³/mol. The van der Waals surface area contributed by atoms with Crippen molar-refractivity contribution in [3.05, 3.63) is 30.2 Å². The highest BCUT2D eigenvalue weighted by Gasteiger charge is 2.22. The maximum Gasteiger partial charge on any atom is 0.316 e. The second-order valence-corrected chi connectivity index (χ2v) is 7.42. The Morgan fingerprint density at radius 3 is 2.60 bits per heavy atom. The number of amides is 2. The molecule has 30 heavy (non-hydrogen) atoms. The lowest BCUT2D eigenvalue weighted by Gasteiger charge is -2.31. The molecule has 2 aliphatic rings. The van der Waals surface area contributed by atoms with E-state index in [1.165, 1.54) is 0 Å². The number of urea groups is 1. The highest BCUT2D eigenvalue weighted by atomic mass is 16.5. The average molecular weight is 413 g/mol. The van der Waals surface area contributed by atoms with Crippen LogP contribution in [0, 0.1) is 6.92 Å². The molecule has 9 heteroatoms. The number of aryl methyl sites for hydroxylation is 1. The Balaban J connectivity index is 1.68. The van der Waals surface area contributed by atoms with Gasteiger partial charge in [0.1, 0.15) is 11.8 Å². The molecule has 9 nitrogen and oxygen atoms in total.